The summed E-state index contributed by atoms with van der Waals surface area (Å²) in [7, 11) is -3.53. The average molecular weight is 340 g/mol. The molecule has 0 unspecified atom stereocenters. The molecule has 0 bridgehead atoms. The van der Waals surface area contributed by atoms with Gasteiger partial charge in [0.25, 0.3) is 0 Å². The molecule has 0 aromatic heterocycles. The summed E-state index contributed by atoms with van der Waals surface area (Å²) in [5, 5.41) is 2.51. The quantitative estimate of drug-likeness (QED) is 0.551. The minimum absolute atomic E-state index is 0.117. The molecule has 0 heterocycles. The lowest BCUT2D eigenvalue weighted by atomic mass is 10.3. The maximum absolute atomic E-state index is 11.9. The van der Waals surface area contributed by atoms with Crippen molar-refractivity contribution in [2.75, 3.05) is 18.5 Å². The third-order valence-electron chi connectivity index (χ3n) is 2.63. The number of esters is 1. The highest BCUT2D eigenvalue weighted by Gasteiger charge is 2.12. The van der Waals surface area contributed by atoms with Crippen LogP contribution < -0.4 is 10.0 Å². The molecular weight excluding hydrogens is 320 g/mol. The number of hydrogen-bond acceptors (Lipinski definition) is 5. The summed E-state index contributed by atoms with van der Waals surface area (Å²) in [6.07, 6.45) is 2.76. The van der Waals surface area contributed by atoms with Crippen molar-refractivity contribution in [1.82, 2.24) is 4.72 Å². The monoisotopic (exact) mass is 340 g/mol. The first kappa shape index (κ1) is 18.9. The second-order valence-electron chi connectivity index (χ2n) is 4.50. The lowest BCUT2D eigenvalue weighted by molar-refractivity contribution is -0.137. The van der Waals surface area contributed by atoms with E-state index in [-0.39, 0.29) is 11.5 Å². The summed E-state index contributed by atoms with van der Waals surface area (Å²) in [6, 6.07) is 5.72. The average Bonchev–Trinajstić information content (AvgIpc) is 2.52. The number of anilines is 1. The zero-order valence-electron chi connectivity index (χ0n) is 13.0. The number of rotatable bonds is 8. The van der Waals surface area contributed by atoms with Crippen molar-refractivity contribution in [2.24, 2.45) is 0 Å². The molecule has 2 N–H and O–H groups in total. The van der Waals surface area contributed by atoms with Crippen LogP contribution in [0.2, 0.25) is 0 Å². The van der Waals surface area contributed by atoms with E-state index in [4.69, 9.17) is 0 Å². The van der Waals surface area contributed by atoms with E-state index < -0.39 is 21.9 Å². The van der Waals surface area contributed by atoms with Gasteiger partial charge in [-0.25, -0.2) is 17.9 Å². The Morgan fingerprint density at radius 2 is 1.78 bits per heavy atom. The van der Waals surface area contributed by atoms with Crippen LogP contribution in [-0.2, 0) is 24.3 Å². The molecule has 0 atom stereocenters. The molecule has 1 aromatic rings. The van der Waals surface area contributed by atoms with E-state index in [1.807, 2.05) is 6.92 Å². The lowest BCUT2D eigenvalue weighted by Gasteiger charge is -2.07. The maximum Gasteiger partial charge on any atom is 0.330 e. The van der Waals surface area contributed by atoms with Crippen molar-refractivity contribution in [2.45, 2.75) is 25.2 Å². The highest BCUT2D eigenvalue weighted by atomic mass is 32.2. The summed E-state index contributed by atoms with van der Waals surface area (Å²) >= 11 is 0. The van der Waals surface area contributed by atoms with E-state index >= 15 is 0 Å². The molecule has 0 spiro atoms. The van der Waals surface area contributed by atoms with Crippen molar-refractivity contribution in [3.63, 3.8) is 0 Å². The van der Waals surface area contributed by atoms with Crippen LogP contribution >= 0.6 is 0 Å². The topological polar surface area (TPSA) is 102 Å². The number of carbonyl (C=O) groups excluding carboxylic acids is 2. The van der Waals surface area contributed by atoms with Crippen molar-refractivity contribution >= 4 is 27.6 Å². The predicted molar refractivity (Wildman–Crippen MR) is 86.3 cm³/mol. The highest BCUT2D eigenvalue weighted by molar-refractivity contribution is 7.89. The van der Waals surface area contributed by atoms with Crippen LogP contribution in [0.4, 0.5) is 5.69 Å². The Hall–Kier alpha value is -2.19. The van der Waals surface area contributed by atoms with E-state index in [0.717, 1.165) is 12.2 Å². The molecule has 1 rings (SSSR count). The van der Waals surface area contributed by atoms with E-state index in [1.165, 1.54) is 24.3 Å². The van der Waals surface area contributed by atoms with Gasteiger partial charge >= 0.3 is 5.97 Å². The van der Waals surface area contributed by atoms with Crippen LogP contribution in [0.3, 0.4) is 0 Å². The molecule has 23 heavy (non-hydrogen) atoms. The molecule has 126 valence electrons. The molecule has 0 aliphatic heterocycles. The first-order chi connectivity index (χ1) is 10.9. The predicted octanol–water partition coefficient (Wildman–Crippen LogP) is 1.43. The second kappa shape index (κ2) is 9.06. The minimum Gasteiger partial charge on any atom is -0.463 e. The minimum atomic E-state index is -3.53. The van der Waals surface area contributed by atoms with Crippen LogP contribution in [0, 0.1) is 0 Å². The van der Waals surface area contributed by atoms with Crippen LogP contribution in [0.15, 0.2) is 41.3 Å². The van der Waals surface area contributed by atoms with Gasteiger partial charge in [-0.2, -0.15) is 0 Å². The van der Waals surface area contributed by atoms with E-state index in [0.29, 0.717) is 18.7 Å². The van der Waals surface area contributed by atoms with Gasteiger partial charge in [0, 0.05) is 24.4 Å². The van der Waals surface area contributed by atoms with Gasteiger partial charge in [0.2, 0.25) is 15.9 Å². The number of amides is 1. The fourth-order valence-electron chi connectivity index (χ4n) is 1.56. The maximum atomic E-state index is 11.9. The van der Waals surface area contributed by atoms with Gasteiger partial charge in [0.15, 0.2) is 0 Å². The summed E-state index contributed by atoms with van der Waals surface area (Å²) < 4.78 is 30.9. The Bertz CT molecular complexity index is 666. The van der Waals surface area contributed by atoms with E-state index in [9.17, 15) is 18.0 Å². The number of carbonyl (C=O) groups is 2. The summed E-state index contributed by atoms with van der Waals surface area (Å²) in [6.45, 7) is 4.12. The normalized spacial score (nSPS) is 11.4. The standard InChI is InChI=1S/C15H20N2O5S/c1-3-11-16-23(20,21)13-7-5-12(6-8-13)17-14(18)9-10-15(19)22-4-2/h5-10,16H,3-4,11H2,1-2H3,(H,17,18). The van der Waals surface area contributed by atoms with Gasteiger partial charge in [-0.1, -0.05) is 6.92 Å². The Kier molecular flexibility index (Phi) is 7.43. The molecule has 0 saturated carbocycles. The second-order valence-corrected chi connectivity index (χ2v) is 6.26. The molecule has 7 nitrogen and oxygen atoms in total. The smallest absolute Gasteiger partial charge is 0.330 e. The molecular formula is C15H20N2O5S. The molecule has 0 fully saturated rings. The lowest BCUT2D eigenvalue weighted by Crippen LogP contribution is -2.24. The Balaban J connectivity index is 2.67. The molecule has 0 saturated heterocycles. The number of benzene rings is 1. The van der Waals surface area contributed by atoms with Crippen LogP contribution in [-0.4, -0.2) is 33.4 Å². The highest BCUT2D eigenvalue weighted by Crippen LogP contribution is 2.14. The van der Waals surface area contributed by atoms with Gasteiger partial charge in [-0.3, -0.25) is 4.79 Å². The van der Waals surface area contributed by atoms with Gasteiger partial charge in [-0.05, 0) is 37.6 Å². The molecule has 8 heteroatoms. The molecule has 0 aliphatic rings. The first-order valence-electron chi connectivity index (χ1n) is 7.14. The number of hydrogen-bond donors (Lipinski definition) is 2. The Labute approximate surface area is 135 Å². The van der Waals surface area contributed by atoms with Crippen molar-refractivity contribution in [1.29, 1.82) is 0 Å². The zero-order chi connectivity index (χ0) is 17.3. The summed E-state index contributed by atoms with van der Waals surface area (Å²) in [5.41, 5.74) is 0.415. The largest absolute Gasteiger partial charge is 0.463 e. The van der Waals surface area contributed by atoms with Gasteiger partial charge < -0.3 is 10.1 Å². The van der Waals surface area contributed by atoms with Gasteiger partial charge in [0.05, 0.1) is 11.5 Å². The SMILES string of the molecule is CCCNS(=O)(=O)c1ccc(NC(=O)C=CC(=O)OCC)cc1. The Morgan fingerprint density at radius 1 is 1.13 bits per heavy atom. The summed E-state index contributed by atoms with van der Waals surface area (Å²) in [4.78, 5) is 22.8. The fourth-order valence-corrected chi connectivity index (χ4v) is 2.69. The fraction of sp³-hybridized carbons (Fsp3) is 0.333. The van der Waals surface area contributed by atoms with Gasteiger partial charge in [0.1, 0.15) is 0 Å². The molecule has 1 amide bonds. The van der Waals surface area contributed by atoms with Crippen LogP contribution in [0.1, 0.15) is 20.3 Å². The Morgan fingerprint density at radius 3 is 2.35 bits per heavy atom. The molecule has 1 aromatic carbocycles. The van der Waals surface area contributed by atoms with E-state index in [2.05, 4.69) is 14.8 Å². The van der Waals surface area contributed by atoms with E-state index in [1.54, 1.807) is 6.92 Å². The number of nitrogens with one attached hydrogen (secondary N) is 2. The van der Waals surface area contributed by atoms with Crippen molar-refractivity contribution in [3.8, 4) is 0 Å². The molecule has 0 aliphatic carbocycles. The van der Waals surface area contributed by atoms with Crippen molar-refractivity contribution in [3.05, 3.63) is 36.4 Å². The van der Waals surface area contributed by atoms with Crippen LogP contribution in [0.5, 0.6) is 0 Å². The van der Waals surface area contributed by atoms with Crippen molar-refractivity contribution < 1.29 is 22.7 Å². The summed E-state index contributed by atoms with van der Waals surface area (Å²) in [5.74, 6) is -1.12. The van der Waals surface area contributed by atoms with Gasteiger partial charge in [-0.15, -0.1) is 0 Å². The molecule has 0 radical (unpaired) electrons. The number of sulfonamides is 1. The first-order valence-corrected chi connectivity index (χ1v) is 8.63. The van der Waals surface area contributed by atoms with Crippen LogP contribution in [0.25, 0.3) is 0 Å². The third kappa shape index (κ3) is 6.62. The number of ether oxygens (including phenoxy) is 1. The zero-order valence-corrected chi connectivity index (χ0v) is 13.9. The third-order valence-corrected chi connectivity index (χ3v) is 4.11.